The predicted octanol–water partition coefficient (Wildman–Crippen LogP) is 0.443. The summed E-state index contributed by atoms with van der Waals surface area (Å²) in [4.78, 5) is 14.1. The van der Waals surface area contributed by atoms with Crippen molar-refractivity contribution < 1.29 is 9.90 Å². The van der Waals surface area contributed by atoms with Gasteiger partial charge in [-0.15, -0.1) is 5.10 Å². The summed E-state index contributed by atoms with van der Waals surface area (Å²) in [6, 6.07) is 0. The Balaban J connectivity index is 2.04. The Morgan fingerprint density at radius 1 is 1.67 bits per heavy atom. The van der Waals surface area contributed by atoms with Crippen LogP contribution in [-0.2, 0) is 0 Å². The van der Waals surface area contributed by atoms with Crippen molar-refractivity contribution in [1.29, 1.82) is 0 Å². The Morgan fingerprint density at radius 2 is 2.33 bits per heavy atom. The van der Waals surface area contributed by atoms with Crippen LogP contribution in [0.15, 0.2) is 0 Å². The smallest absolute Gasteiger partial charge is 0.267 e. The van der Waals surface area contributed by atoms with Crippen LogP contribution >= 0.6 is 11.5 Å². The maximum absolute atomic E-state index is 11.9. The molecule has 2 rings (SSSR count). The first-order valence-electron chi connectivity index (χ1n) is 4.86. The lowest BCUT2D eigenvalue weighted by Gasteiger charge is -2.45. The molecule has 1 fully saturated rings. The molecule has 1 saturated heterocycles. The van der Waals surface area contributed by atoms with Crippen molar-refractivity contribution in [2.75, 3.05) is 13.1 Å². The van der Waals surface area contributed by atoms with Gasteiger partial charge in [-0.1, -0.05) is 11.4 Å². The fourth-order valence-corrected chi connectivity index (χ4v) is 2.23. The molecule has 6 heteroatoms. The highest BCUT2D eigenvalue weighted by atomic mass is 32.1. The van der Waals surface area contributed by atoms with Crippen molar-refractivity contribution in [2.24, 2.45) is 0 Å². The number of likely N-dealkylation sites (tertiary alicyclic amines) is 1. The fraction of sp³-hybridized carbons (Fsp3) is 0.667. The second-order valence-corrected chi connectivity index (χ2v) is 4.68. The van der Waals surface area contributed by atoms with Gasteiger partial charge in [-0.25, -0.2) is 0 Å². The number of nitrogens with zero attached hydrogens (tertiary/aromatic N) is 3. The minimum absolute atomic E-state index is 0.0689. The van der Waals surface area contributed by atoms with Crippen molar-refractivity contribution in [1.82, 2.24) is 14.5 Å². The Kier molecular flexibility index (Phi) is 2.47. The summed E-state index contributed by atoms with van der Waals surface area (Å²) in [6.45, 7) is 4.52. The van der Waals surface area contributed by atoms with Crippen molar-refractivity contribution in [3.05, 3.63) is 10.6 Å². The number of hydrogen-bond donors (Lipinski definition) is 1. The van der Waals surface area contributed by atoms with E-state index in [4.69, 9.17) is 0 Å². The molecule has 0 aliphatic carbocycles. The molecule has 0 atom stereocenters. The molecule has 1 aliphatic rings. The summed E-state index contributed by atoms with van der Waals surface area (Å²) >= 11 is 1.11. The summed E-state index contributed by atoms with van der Waals surface area (Å²) in [7, 11) is 0. The largest absolute Gasteiger partial charge is 0.386 e. The molecule has 0 bridgehead atoms. The maximum atomic E-state index is 11.9. The number of carbonyl (C=O) groups is 1. The first-order chi connectivity index (χ1) is 7.06. The molecule has 1 amide bonds. The van der Waals surface area contributed by atoms with Gasteiger partial charge in [0.15, 0.2) is 0 Å². The van der Waals surface area contributed by atoms with Crippen molar-refractivity contribution >= 4 is 17.4 Å². The van der Waals surface area contributed by atoms with Crippen molar-refractivity contribution in [2.45, 2.75) is 25.9 Å². The van der Waals surface area contributed by atoms with Crippen molar-refractivity contribution in [3.63, 3.8) is 0 Å². The SMILES string of the molecule is CCC1(O)CN(C(=O)c2snnc2C)C1. The summed E-state index contributed by atoms with van der Waals surface area (Å²) in [6.07, 6.45) is 0.677. The number of aromatic nitrogens is 2. The Morgan fingerprint density at radius 3 is 2.80 bits per heavy atom. The number of carbonyl (C=O) groups excluding carboxylic acids is 1. The van der Waals surface area contributed by atoms with Crippen molar-refractivity contribution in [3.8, 4) is 0 Å². The lowest BCUT2D eigenvalue weighted by atomic mass is 9.91. The third-order valence-corrected chi connectivity index (χ3v) is 3.58. The second-order valence-electron chi connectivity index (χ2n) is 3.93. The molecule has 0 unspecified atom stereocenters. The molecule has 1 aromatic rings. The van der Waals surface area contributed by atoms with Gasteiger partial charge < -0.3 is 10.0 Å². The van der Waals surface area contributed by atoms with Crippen LogP contribution in [0.4, 0.5) is 0 Å². The van der Waals surface area contributed by atoms with Gasteiger partial charge in [0.1, 0.15) is 4.88 Å². The van der Waals surface area contributed by atoms with E-state index in [1.807, 2.05) is 6.92 Å². The molecule has 0 aromatic carbocycles. The topological polar surface area (TPSA) is 66.3 Å². The van der Waals surface area contributed by atoms with E-state index in [0.29, 0.717) is 30.1 Å². The number of β-amino-alcohol motifs (C(OH)–C–C–N with tert-alkyl or cyclic N) is 1. The van der Waals surface area contributed by atoms with Gasteiger partial charge in [0.25, 0.3) is 5.91 Å². The molecular formula is C9H13N3O2S. The summed E-state index contributed by atoms with van der Waals surface area (Å²) in [5.74, 6) is -0.0689. The van der Waals surface area contributed by atoms with E-state index in [1.54, 1.807) is 11.8 Å². The average Bonchev–Trinajstić information content (AvgIpc) is 2.58. The number of aliphatic hydroxyl groups is 1. The van der Waals surface area contributed by atoms with E-state index in [9.17, 15) is 9.90 Å². The Hall–Kier alpha value is -1.01. The number of aryl methyl sites for hydroxylation is 1. The zero-order chi connectivity index (χ0) is 11.1. The normalized spacial score (nSPS) is 18.7. The first kappa shape index (κ1) is 10.5. The van der Waals surface area contributed by atoms with E-state index in [0.717, 1.165) is 11.5 Å². The number of rotatable bonds is 2. The van der Waals surface area contributed by atoms with Crippen LogP contribution in [0.2, 0.25) is 0 Å². The molecule has 1 N–H and O–H groups in total. The van der Waals surface area contributed by atoms with E-state index in [2.05, 4.69) is 9.59 Å². The van der Waals surface area contributed by atoms with E-state index in [-0.39, 0.29) is 5.91 Å². The predicted molar refractivity (Wildman–Crippen MR) is 55.8 cm³/mol. The van der Waals surface area contributed by atoms with Crippen LogP contribution in [0, 0.1) is 6.92 Å². The standard InChI is InChI=1S/C9H13N3O2S/c1-3-9(14)4-12(5-9)8(13)7-6(2)10-11-15-7/h14H,3-5H2,1-2H3. The molecule has 0 spiro atoms. The lowest BCUT2D eigenvalue weighted by Crippen LogP contribution is -2.63. The lowest BCUT2D eigenvalue weighted by molar-refractivity contribution is -0.0825. The van der Waals surface area contributed by atoms with Gasteiger partial charge in [-0.3, -0.25) is 4.79 Å². The second kappa shape index (κ2) is 3.53. The average molecular weight is 227 g/mol. The van der Waals surface area contributed by atoms with Gasteiger partial charge in [0.05, 0.1) is 24.4 Å². The Bertz CT molecular complexity index is 384. The van der Waals surface area contributed by atoms with Crippen LogP contribution in [0.3, 0.4) is 0 Å². The van der Waals surface area contributed by atoms with Gasteiger partial charge in [-0.2, -0.15) is 0 Å². The van der Waals surface area contributed by atoms with Gasteiger partial charge in [0, 0.05) is 0 Å². The van der Waals surface area contributed by atoms with Crippen LogP contribution in [-0.4, -0.2) is 44.2 Å². The third-order valence-electron chi connectivity index (χ3n) is 2.76. The summed E-state index contributed by atoms with van der Waals surface area (Å²) in [5, 5.41) is 13.6. The van der Waals surface area contributed by atoms with Crippen LogP contribution in [0.5, 0.6) is 0 Å². The molecule has 0 saturated carbocycles. The zero-order valence-corrected chi connectivity index (χ0v) is 9.54. The number of hydrogen-bond acceptors (Lipinski definition) is 5. The van der Waals surface area contributed by atoms with Gasteiger partial charge in [0.2, 0.25) is 0 Å². The fourth-order valence-electron chi connectivity index (χ4n) is 1.60. The highest BCUT2D eigenvalue weighted by Gasteiger charge is 2.42. The quantitative estimate of drug-likeness (QED) is 0.796. The molecule has 15 heavy (non-hydrogen) atoms. The summed E-state index contributed by atoms with van der Waals surface area (Å²) in [5.41, 5.74) is -0.0151. The number of amides is 1. The van der Waals surface area contributed by atoms with E-state index < -0.39 is 5.60 Å². The molecule has 0 radical (unpaired) electrons. The van der Waals surface area contributed by atoms with Gasteiger partial charge in [-0.05, 0) is 24.9 Å². The molecule has 2 heterocycles. The molecular weight excluding hydrogens is 214 g/mol. The maximum Gasteiger partial charge on any atom is 0.267 e. The van der Waals surface area contributed by atoms with Crippen LogP contribution in [0.25, 0.3) is 0 Å². The van der Waals surface area contributed by atoms with Crippen LogP contribution in [0.1, 0.15) is 28.7 Å². The molecule has 5 nitrogen and oxygen atoms in total. The summed E-state index contributed by atoms with van der Waals surface area (Å²) < 4.78 is 3.72. The highest BCUT2D eigenvalue weighted by Crippen LogP contribution is 2.26. The molecule has 1 aliphatic heterocycles. The minimum Gasteiger partial charge on any atom is -0.386 e. The molecule has 82 valence electrons. The molecule has 1 aromatic heterocycles. The zero-order valence-electron chi connectivity index (χ0n) is 8.73. The Labute approximate surface area is 91.9 Å². The highest BCUT2D eigenvalue weighted by molar-refractivity contribution is 7.07. The van der Waals surface area contributed by atoms with Gasteiger partial charge >= 0.3 is 0 Å². The first-order valence-corrected chi connectivity index (χ1v) is 5.64. The minimum atomic E-state index is -0.679. The van der Waals surface area contributed by atoms with E-state index >= 15 is 0 Å². The monoisotopic (exact) mass is 227 g/mol. The van der Waals surface area contributed by atoms with E-state index in [1.165, 1.54) is 0 Å². The van der Waals surface area contributed by atoms with Crippen LogP contribution < -0.4 is 0 Å². The third kappa shape index (κ3) is 1.74.